The van der Waals surface area contributed by atoms with Crippen molar-refractivity contribution in [3.63, 3.8) is 0 Å². The highest BCUT2D eigenvalue weighted by Gasteiger charge is 2.15. The van der Waals surface area contributed by atoms with Crippen molar-refractivity contribution in [2.24, 2.45) is 5.92 Å². The van der Waals surface area contributed by atoms with Crippen LogP contribution in [0.4, 0.5) is 0 Å². The largest absolute Gasteiger partial charge is 0.469 e. The smallest absolute Gasteiger partial charge is 0.220 e. The van der Waals surface area contributed by atoms with Gasteiger partial charge in [0.2, 0.25) is 5.91 Å². The second-order valence-corrected chi connectivity index (χ2v) is 5.65. The summed E-state index contributed by atoms with van der Waals surface area (Å²) in [7, 11) is 0. The summed E-state index contributed by atoms with van der Waals surface area (Å²) in [5.41, 5.74) is 0. The average molecular weight is 316 g/mol. The number of aryl methyl sites for hydroxylation is 1. The summed E-state index contributed by atoms with van der Waals surface area (Å²) in [6, 6.07) is 3.74. The van der Waals surface area contributed by atoms with Crippen molar-refractivity contribution in [3.8, 4) is 0 Å². The molecule has 0 aliphatic carbocycles. The molecule has 1 unspecified atom stereocenters. The van der Waals surface area contributed by atoms with Gasteiger partial charge in [0.05, 0.1) is 6.26 Å². The first-order valence-corrected chi connectivity index (χ1v) is 7.52. The van der Waals surface area contributed by atoms with E-state index in [0.29, 0.717) is 30.1 Å². The summed E-state index contributed by atoms with van der Waals surface area (Å²) in [5.74, 6) is 1.57. The quantitative estimate of drug-likeness (QED) is 0.746. The van der Waals surface area contributed by atoms with Crippen LogP contribution in [0.1, 0.15) is 38.9 Å². The lowest BCUT2D eigenvalue weighted by Crippen LogP contribution is -2.33. The third kappa shape index (κ3) is 5.25. The Morgan fingerprint density at radius 2 is 2.17 bits per heavy atom. The maximum atomic E-state index is 11.7. The number of carbonyl (C=O) groups is 1. The molecule has 3 nitrogen and oxygen atoms in total. The molecule has 4 heteroatoms. The highest BCUT2D eigenvalue weighted by Crippen LogP contribution is 2.19. The zero-order valence-electron chi connectivity index (χ0n) is 11.1. The average Bonchev–Trinajstić information content (AvgIpc) is 2.88. The van der Waals surface area contributed by atoms with Crippen LogP contribution in [-0.4, -0.2) is 17.3 Å². The molecule has 0 aromatic carbocycles. The highest BCUT2D eigenvalue weighted by atomic mass is 79.9. The number of carbonyl (C=O) groups excluding carboxylic acids is 1. The highest BCUT2D eigenvalue weighted by molar-refractivity contribution is 9.09. The molecule has 1 rings (SSSR count). The van der Waals surface area contributed by atoms with Crippen LogP contribution < -0.4 is 5.32 Å². The van der Waals surface area contributed by atoms with Crippen molar-refractivity contribution < 1.29 is 9.21 Å². The van der Waals surface area contributed by atoms with Crippen molar-refractivity contribution in [1.29, 1.82) is 0 Å². The Balaban J connectivity index is 2.20. The fraction of sp³-hybridized carbons (Fsp3) is 0.643. The second-order valence-electron chi connectivity index (χ2n) is 4.48. The number of alkyl halides is 1. The van der Waals surface area contributed by atoms with Gasteiger partial charge in [0.25, 0.3) is 0 Å². The Morgan fingerprint density at radius 1 is 1.44 bits per heavy atom. The van der Waals surface area contributed by atoms with E-state index in [4.69, 9.17) is 4.42 Å². The number of hydrogen-bond donors (Lipinski definition) is 1. The van der Waals surface area contributed by atoms with Crippen LogP contribution in [0.3, 0.4) is 0 Å². The first-order chi connectivity index (χ1) is 8.67. The fourth-order valence-electron chi connectivity index (χ4n) is 1.96. The third-order valence-electron chi connectivity index (χ3n) is 3.23. The number of hydrogen-bond acceptors (Lipinski definition) is 2. The Labute approximate surface area is 117 Å². The number of nitrogens with one attached hydrogen (secondary N) is 1. The van der Waals surface area contributed by atoms with E-state index in [2.05, 4.69) is 35.1 Å². The topological polar surface area (TPSA) is 42.2 Å². The minimum Gasteiger partial charge on any atom is -0.469 e. The normalized spacial score (nSPS) is 12.7. The van der Waals surface area contributed by atoms with Gasteiger partial charge >= 0.3 is 0 Å². The van der Waals surface area contributed by atoms with Crippen LogP contribution in [0.5, 0.6) is 0 Å². The molecule has 1 aromatic rings. The molecule has 0 fully saturated rings. The lowest BCUT2D eigenvalue weighted by atomic mass is 9.99. The van der Waals surface area contributed by atoms with Crippen molar-refractivity contribution in [1.82, 2.24) is 5.32 Å². The van der Waals surface area contributed by atoms with Crippen LogP contribution in [0.2, 0.25) is 0 Å². The van der Waals surface area contributed by atoms with Gasteiger partial charge in [-0.1, -0.05) is 42.6 Å². The van der Waals surface area contributed by atoms with Crippen molar-refractivity contribution in [2.75, 3.05) is 6.54 Å². The molecule has 0 aliphatic heterocycles. The lowest BCUT2D eigenvalue weighted by Gasteiger charge is -2.19. The second kappa shape index (κ2) is 8.35. The van der Waals surface area contributed by atoms with E-state index in [-0.39, 0.29) is 5.91 Å². The predicted molar refractivity (Wildman–Crippen MR) is 76.8 cm³/mol. The first kappa shape index (κ1) is 15.3. The summed E-state index contributed by atoms with van der Waals surface area (Å²) in [6.45, 7) is 5.06. The molecule has 1 amide bonds. The van der Waals surface area contributed by atoms with Crippen molar-refractivity contribution in [3.05, 3.63) is 24.2 Å². The molecule has 1 N–H and O–H groups in total. The van der Waals surface area contributed by atoms with Gasteiger partial charge in [-0.15, -0.1) is 0 Å². The van der Waals surface area contributed by atoms with Crippen molar-refractivity contribution in [2.45, 2.75) is 44.4 Å². The number of furan rings is 1. The molecule has 0 saturated heterocycles. The Hall–Kier alpha value is -0.770. The van der Waals surface area contributed by atoms with Crippen LogP contribution in [0.25, 0.3) is 0 Å². The molecule has 102 valence electrons. The maximum absolute atomic E-state index is 11.7. The number of amides is 1. The Bertz CT molecular complexity index is 334. The van der Waals surface area contributed by atoms with Crippen LogP contribution >= 0.6 is 15.9 Å². The van der Waals surface area contributed by atoms with Crippen molar-refractivity contribution >= 4 is 21.8 Å². The number of halogens is 1. The standard InChI is InChI=1S/C14H22BrNO2/c1-3-11(4-2)13(15)10-16-14(17)8-7-12-6-5-9-18-12/h5-6,9,11,13H,3-4,7-8,10H2,1-2H3,(H,16,17). The minimum absolute atomic E-state index is 0.0850. The van der Waals surface area contributed by atoms with E-state index in [1.807, 2.05) is 12.1 Å². The fourth-order valence-corrected chi connectivity index (χ4v) is 2.87. The third-order valence-corrected chi connectivity index (χ3v) is 4.30. The molecular formula is C14H22BrNO2. The predicted octanol–water partition coefficient (Wildman–Crippen LogP) is 3.53. The van der Waals surface area contributed by atoms with Crippen LogP contribution in [0, 0.1) is 5.92 Å². The lowest BCUT2D eigenvalue weighted by molar-refractivity contribution is -0.121. The molecule has 1 atom stereocenters. The summed E-state index contributed by atoms with van der Waals surface area (Å²) in [5, 5.41) is 2.97. The zero-order valence-corrected chi connectivity index (χ0v) is 12.7. The molecule has 0 spiro atoms. The van der Waals surface area contributed by atoms with Gasteiger partial charge in [-0.05, 0) is 18.1 Å². The van der Waals surface area contributed by atoms with E-state index < -0.39 is 0 Å². The first-order valence-electron chi connectivity index (χ1n) is 6.60. The van der Waals surface area contributed by atoms with Gasteiger partial charge in [0.15, 0.2) is 0 Å². The van der Waals surface area contributed by atoms with E-state index in [1.54, 1.807) is 6.26 Å². The Morgan fingerprint density at radius 3 is 2.72 bits per heavy atom. The molecule has 0 bridgehead atoms. The molecular weight excluding hydrogens is 294 g/mol. The minimum atomic E-state index is 0.0850. The maximum Gasteiger partial charge on any atom is 0.220 e. The molecule has 0 aliphatic rings. The van der Waals surface area contributed by atoms with E-state index in [9.17, 15) is 4.79 Å². The van der Waals surface area contributed by atoms with Gasteiger partial charge in [0, 0.05) is 24.2 Å². The monoisotopic (exact) mass is 315 g/mol. The molecule has 1 heterocycles. The van der Waals surface area contributed by atoms with Gasteiger partial charge in [0.1, 0.15) is 5.76 Å². The molecule has 18 heavy (non-hydrogen) atoms. The van der Waals surface area contributed by atoms with E-state index in [0.717, 1.165) is 18.6 Å². The SMILES string of the molecule is CCC(CC)C(Br)CNC(=O)CCc1ccco1. The number of rotatable bonds is 8. The van der Waals surface area contributed by atoms with Crippen LogP contribution in [-0.2, 0) is 11.2 Å². The van der Waals surface area contributed by atoms with Gasteiger partial charge < -0.3 is 9.73 Å². The van der Waals surface area contributed by atoms with Gasteiger partial charge in [-0.2, -0.15) is 0 Å². The Kier molecular flexibility index (Phi) is 7.09. The molecule has 0 radical (unpaired) electrons. The summed E-state index contributed by atoms with van der Waals surface area (Å²) in [6.07, 6.45) is 5.05. The summed E-state index contributed by atoms with van der Waals surface area (Å²) in [4.78, 5) is 12.0. The van der Waals surface area contributed by atoms with E-state index >= 15 is 0 Å². The van der Waals surface area contributed by atoms with Gasteiger partial charge in [-0.25, -0.2) is 0 Å². The zero-order chi connectivity index (χ0) is 13.4. The molecule has 1 aromatic heterocycles. The summed E-state index contributed by atoms with van der Waals surface area (Å²) < 4.78 is 5.19. The molecule has 0 saturated carbocycles. The summed E-state index contributed by atoms with van der Waals surface area (Å²) >= 11 is 3.65. The van der Waals surface area contributed by atoms with Gasteiger partial charge in [-0.3, -0.25) is 4.79 Å². The van der Waals surface area contributed by atoms with Crippen LogP contribution in [0.15, 0.2) is 22.8 Å². The van der Waals surface area contributed by atoms with E-state index in [1.165, 1.54) is 0 Å².